The minimum absolute atomic E-state index is 0.0491. The van der Waals surface area contributed by atoms with Gasteiger partial charge in [-0.05, 0) is 22.0 Å². The van der Waals surface area contributed by atoms with E-state index in [0.717, 1.165) is 6.07 Å². The van der Waals surface area contributed by atoms with Crippen LogP contribution >= 0.6 is 39.1 Å². The maximum absolute atomic E-state index is 12.9. The number of hydrogen-bond acceptors (Lipinski definition) is 2. The second-order valence-corrected chi connectivity index (χ2v) is 5.00. The fraction of sp³-hybridized carbons (Fsp3) is 0.0909. The molecule has 0 radical (unpaired) electrons. The highest BCUT2D eigenvalue weighted by Crippen LogP contribution is 2.37. The summed E-state index contributed by atoms with van der Waals surface area (Å²) >= 11 is 14.6. The van der Waals surface area contributed by atoms with Gasteiger partial charge in [0, 0.05) is 5.56 Å². The van der Waals surface area contributed by atoms with E-state index in [4.69, 9.17) is 23.2 Å². The molecule has 19 heavy (non-hydrogen) atoms. The fourth-order valence-electron chi connectivity index (χ4n) is 1.44. The van der Waals surface area contributed by atoms with Gasteiger partial charge in [0.2, 0.25) is 0 Å². The van der Waals surface area contributed by atoms with E-state index in [2.05, 4.69) is 25.9 Å². The third kappa shape index (κ3) is 3.01. The van der Waals surface area contributed by atoms with Gasteiger partial charge in [0.25, 0.3) is 0 Å². The summed E-state index contributed by atoms with van der Waals surface area (Å²) in [5.41, 5.74) is -1.02. The minimum Gasteiger partial charge on any atom is -0.215 e. The third-order valence-corrected chi connectivity index (χ3v) is 4.00. The summed E-state index contributed by atoms with van der Waals surface area (Å²) in [6.07, 6.45) is -4.51. The van der Waals surface area contributed by atoms with E-state index in [1.54, 1.807) is 0 Å². The highest BCUT2D eigenvalue weighted by Gasteiger charge is 2.34. The van der Waals surface area contributed by atoms with Crippen LogP contribution in [0.2, 0.25) is 10.3 Å². The molecule has 0 bridgehead atoms. The van der Waals surface area contributed by atoms with Gasteiger partial charge < -0.3 is 0 Å². The fourth-order valence-corrected chi connectivity index (χ4v) is 2.00. The lowest BCUT2D eigenvalue weighted by molar-refractivity contribution is -0.137. The van der Waals surface area contributed by atoms with Crippen molar-refractivity contribution in [3.8, 4) is 11.4 Å². The molecule has 0 unspecified atom stereocenters. The molecule has 2 aromatic rings. The number of alkyl halides is 3. The van der Waals surface area contributed by atoms with Crippen LogP contribution < -0.4 is 0 Å². The predicted octanol–water partition coefficient (Wildman–Crippen LogP) is 5.23. The topological polar surface area (TPSA) is 25.8 Å². The minimum atomic E-state index is -4.51. The van der Waals surface area contributed by atoms with Crippen molar-refractivity contribution in [2.75, 3.05) is 0 Å². The van der Waals surface area contributed by atoms with Crippen molar-refractivity contribution < 1.29 is 13.2 Å². The molecule has 0 aliphatic heterocycles. The van der Waals surface area contributed by atoms with Gasteiger partial charge >= 0.3 is 6.18 Å². The Morgan fingerprint density at radius 1 is 1.00 bits per heavy atom. The molecule has 0 aliphatic rings. The first-order chi connectivity index (χ1) is 8.80. The Labute approximate surface area is 124 Å². The molecule has 0 saturated heterocycles. The molecule has 8 heteroatoms. The average molecular weight is 372 g/mol. The predicted molar refractivity (Wildman–Crippen MR) is 70.2 cm³/mol. The Kier molecular flexibility index (Phi) is 4.03. The lowest BCUT2D eigenvalue weighted by Crippen LogP contribution is -2.08. The Balaban J connectivity index is 2.67. The standard InChI is InChI=1S/C11H4BrCl2F3N2/c12-7-8(13)18-10(19-9(7)14)5-3-1-2-4-6(5)11(15,16)17/h1-4H. The van der Waals surface area contributed by atoms with Crippen molar-refractivity contribution in [1.82, 2.24) is 9.97 Å². The number of rotatable bonds is 1. The van der Waals surface area contributed by atoms with Gasteiger partial charge in [-0.25, -0.2) is 9.97 Å². The molecule has 1 aromatic heterocycles. The van der Waals surface area contributed by atoms with E-state index in [0.29, 0.717) is 0 Å². The molecule has 0 spiro atoms. The zero-order valence-electron chi connectivity index (χ0n) is 8.97. The van der Waals surface area contributed by atoms with Crippen molar-refractivity contribution in [3.05, 3.63) is 44.6 Å². The third-order valence-electron chi connectivity index (χ3n) is 2.24. The molecular formula is C11H4BrCl2F3N2. The van der Waals surface area contributed by atoms with Crippen LogP contribution in [0.5, 0.6) is 0 Å². The number of hydrogen-bond donors (Lipinski definition) is 0. The van der Waals surface area contributed by atoms with Crippen LogP contribution in [0, 0.1) is 0 Å². The van der Waals surface area contributed by atoms with E-state index in [1.807, 2.05) is 0 Å². The maximum Gasteiger partial charge on any atom is 0.417 e. The van der Waals surface area contributed by atoms with Gasteiger partial charge in [-0.15, -0.1) is 0 Å². The summed E-state index contributed by atoms with van der Waals surface area (Å²) in [5.74, 6) is -0.175. The Hall–Kier alpha value is -0.850. The van der Waals surface area contributed by atoms with Gasteiger partial charge in [-0.2, -0.15) is 13.2 Å². The summed E-state index contributed by atoms with van der Waals surface area (Å²) in [6, 6.07) is 4.95. The van der Waals surface area contributed by atoms with Crippen molar-refractivity contribution in [3.63, 3.8) is 0 Å². The molecule has 1 aromatic carbocycles. The van der Waals surface area contributed by atoms with Crippen molar-refractivity contribution >= 4 is 39.1 Å². The van der Waals surface area contributed by atoms with Crippen LogP contribution in [-0.2, 0) is 6.18 Å². The SMILES string of the molecule is FC(F)(F)c1ccccc1-c1nc(Cl)c(Br)c(Cl)n1. The number of nitrogens with zero attached hydrogens (tertiary/aromatic N) is 2. The lowest BCUT2D eigenvalue weighted by atomic mass is 10.1. The zero-order chi connectivity index (χ0) is 14.2. The summed E-state index contributed by atoms with van der Waals surface area (Å²) in [7, 11) is 0. The van der Waals surface area contributed by atoms with Crippen LogP contribution in [0.3, 0.4) is 0 Å². The average Bonchev–Trinajstić information content (AvgIpc) is 2.34. The lowest BCUT2D eigenvalue weighted by Gasteiger charge is -2.12. The summed E-state index contributed by atoms with van der Waals surface area (Å²) in [4.78, 5) is 7.60. The second-order valence-electron chi connectivity index (χ2n) is 3.49. The monoisotopic (exact) mass is 370 g/mol. The molecule has 0 saturated carbocycles. The van der Waals surface area contributed by atoms with E-state index >= 15 is 0 Å². The van der Waals surface area contributed by atoms with E-state index < -0.39 is 11.7 Å². The van der Waals surface area contributed by atoms with Crippen molar-refractivity contribution in [1.29, 1.82) is 0 Å². The van der Waals surface area contributed by atoms with Gasteiger partial charge in [0.05, 0.1) is 10.0 Å². The van der Waals surface area contributed by atoms with Gasteiger partial charge in [-0.1, -0.05) is 41.4 Å². The maximum atomic E-state index is 12.9. The smallest absolute Gasteiger partial charge is 0.215 e. The van der Waals surface area contributed by atoms with Gasteiger partial charge in [0.1, 0.15) is 10.3 Å². The molecule has 2 rings (SSSR count). The highest BCUT2D eigenvalue weighted by molar-refractivity contribution is 9.10. The molecule has 0 aliphatic carbocycles. The van der Waals surface area contributed by atoms with Gasteiger partial charge in [-0.3, -0.25) is 0 Å². The number of benzene rings is 1. The van der Waals surface area contributed by atoms with Crippen LogP contribution in [0.15, 0.2) is 28.7 Å². The molecule has 0 atom stereocenters. The quantitative estimate of drug-likeness (QED) is 0.641. The Bertz CT molecular complexity index is 609. The van der Waals surface area contributed by atoms with Crippen LogP contribution in [-0.4, -0.2) is 9.97 Å². The molecule has 1 heterocycles. The Morgan fingerprint density at radius 3 is 2.05 bits per heavy atom. The van der Waals surface area contributed by atoms with Crippen molar-refractivity contribution in [2.45, 2.75) is 6.18 Å². The summed E-state index contributed by atoms with van der Waals surface area (Å²) < 4.78 is 38.9. The van der Waals surface area contributed by atoms with Crippen LogP contribution in [0.25, 0.3) is 11.4 Å². The van der Waals surface area contributed by atoms with Gasteiger partial charge in [0.15, 0.2) is 5.82 Å². The molecule has 2 nitrogen and oxygen atoms in total. The van der Waals surface area contributed by atoms with E-state index in [9.17, 15) is 13.2 Å². The molecule has 0 fully saturated rings. The number of aromatic nitrogens is 2. The first-order valence-electron chi connectivity index (χ1n) is 4.86. The van der Waals surface area contributed by atoms with Crippen molar-refractivity contribution in [2.24, 2.45) is 0 Å². The first kappa shape index (κ1) is 14.6. The molecule has 0 amide bonds. The largest absolute Gasteiger partial charge is 0.417 e. The first-order valence-corrected chi connectivity index (χ1v) is 6.40. The Morgan fingerprint density at radius 2 is 1.53 bits per heavy atom. The highest BCUT2D eigenvalue weighted by atomic mass is 79.9. The normalized spacial score (nSPS) is 11.7. The molecule has 0 N–H and O–H groups in total. The summed E-state index contributed by atoms with van der Waals surface area (Å²) in [5, 5.41) is -0.0982. The number of halogens is 6. The second kappa shape index (κ2) is 5.26. The van der Waals surface area contributed by atoms with Crippen LogP contribution in [0.1, 0.15) is 5.56 Å². The summed E-state index contributed by atoms with van der Waals surface area (Å²) in [6.45, 7) is 0. The molecule has 100 valence electrons. The van der Waals surface area contributed by atoms with Crippen LogP contribution in [0.4, 0.5) is 13.2 Å². The van der Waals surface area contributed by atoms with E-state index in [-0.39, 0.29) is 26.2 Å². The van der Waals surface area contributed by atoms with E-state index in [1.165, 1.54) is 18.2 Å². The molecular weight excluding hydrogens is 368 g/mol. The zero-order valence-corrected chi connectivity index (χ0v) is 12.1.